The molecular weight excluding hydrogens is 535 g/mol. The van der Waals surface area contributed by atoms with Gasteiger partial charge in [-0.25, -0.2) is 17.6 Å². The molecule has 0 spiro atoms. The van der Waals surface area contributed by atoms with Crippen molar-refractivity contribution >= 4 is 27.7 Å². The maximum Gasteiger partial charge on any atom is 0.411 e. The van der Waals surface area contributed by atoms with Gasteiger partial charge in [0.05, 0.1) is 12.3 Å². The van der Waals surface area contributed by atoms with Gasteiger partial charge in [0.1, 0.15) is 23.5 Å². The van der Waals surface area contributed by atoms with Crippen molar-refractivity contribution in [3.05, 3.63) is 53.8 Å². The number of benzene rings is 2. The van der Waals surface area contributed by atoms with Crippen LogP contribution in [0.3, 0.4) is 0 Å². The summed E-state index contributed by atoms with van der Waals surface area (Å²) in [6.45, 7) is 5.34. The normalized spacial score (nSPS) is 25.5. The van der Waals surface area contributed by atoms with Crippen molar-refractivity contribution in [3.8, 4) is 17.2 Å². The highest BCUT2D eigenvalue weighted by Crippen LogP contribution is 2.63. The number of sulfonamides is 1. The van der Waals surface area contributed by atoms with Crippen LogP contribution >= 0.6 is 0 Å². The standard InChI is InChI=1S/C29H33FN4O5S/c1-29(2,3)39-28(36)34-25-14-23(21-13-22(21)25)26(34)27(35)32-20(15-31)11-18-9-8-17(12-24(18)30)16-6-5-7-19(10-16)33-40(4,37)38/h5-10,12,20-23,25-26,33H,11,13-14H2,1-4H3,(H,32,35)/t20-,21+,22-,23+,25-,26-/m0/s1. The highest BCUT2D eigenvalue weighted by Gasteiger charge is 2.67. The predicted octanol–water partition coefficient (Wildman–Crippen LogP) is 4.06. The van der Waals surface area contributed by atoms with Crippen molar-refractivity contribution in [2.24, 2.45) is 17.8 Å². The summed E-state index contributed by atoms with van der Waals surface area (Å²) in [6.07, 6.45) is 2.22. The SMILES string of the molecule is CC(C)(C)OC(=O)N1[C@H](C(=O)N[C@H](C#N)Cc2ccc(-c3cccc(NS(C)(=O)=O)c3)cc2F)[C@@H]2C[C@H]1[C@H]1C[C@@H]21. The lowest BCUT2D eigenvalue weighted by Gasteiger charge is -2.35. The molecule has 3 fully saturated rings. The van der Waals surface area contributed by atoms with Crippen LogP contribution < -0.4 is 10.0 Å². The van der Waals surface area contributed by atoms with Crippen LogP contribution in [0.15, 0.2) is 42.5 Å². The fourth-order valence-corrected chi connectivity index (χ4v) is 6.81. The van der Waals surface area contributed by atoms with Gasteiger partial charge in [0.2, 0.25) is 15.9 Å². The largest absolute Gasteiger partial charge is 0.444 e. The molecule has 0 radical (unpaired) electrons. The fourth-order valence-electron chi connectivity index (χ4n) is 6.25. The third-order valence-electron chi connectivity index (χ3n) is 7.83. The Morgan fingerprint density at radius 3 is 2.50 bits per heavy atom. The number of anilines is 1. The Kier molecular flexibility index (Phi) is 7.03. The van der Waals surface area contributed by atoms with E-state index in [0.29, 0.717) is 28.7 Å². The van der Waals surface area contributed by atoms with Crippen molar-refractivity contribution in [1.82, 2.24) is 10.2 Å². The first-order valence-electron chi connectivity index (χ1n) is 13.3. The number of amides is 2. The average Bonchev–Trinajstić information content (AvgIpc) is 3.46. The maximum atomic E-state index is 15.1. The molecule has 0 unspecified atom stereocenters. The van der Waals surface area contributed by atoms with Crippen LogP contribution in [0.4, 0.5) is 14.9 Å². The molecule has 11 heteroatoms. The topological polar surface area (TPSA) is 129 Å². The van der Waals surface area contributed by atoms with Crippen LogP contribution in [0, 0.1) is 34.9 Å². The van der Waals surface area contributed by atoms with E-state index in [1.165, 1.54) is 6.07 Å². The highest BCUT2D eigenvalue weighted by molar-refractivity contribution is 7.92. The second-order valence-corrected chi connectivity index (χ2v) is 13.8. The quantitative estimate of drug-likeness (QED) is 0.519. The van der Waals surface area contributed by atoms with E-state index in [4.69, 9.17) is 4.74 Å². The molecule has 2 aromatic rings. The van der Waals surface area contributed by atoms with Gasteiger partial charge >= 0.3 is 6.09 Å². The minimum Gasteiger partial charge on any atom is -0.444 e. The molecule has 2 amide bonds. The lowest BCUT2D eigenvalue weighted by Crippen LogP contribution is -2.56. The Morgan fingerprint density at radius 2 is 1.85 bits per heavy atom. The van der Waals surface area contributed by atoms with E-state index < -0.39 is 45.5 Å². The minimum atomic E-state index is -3.46. The molecule has 2 aliphatic carbocycles. The van der Waals surface area contributed by atoms with Gasteiger partial charge in [-0.3, -0.25) is 14.4 Å². The molecular formula is C29H33FN4O5S. The van der Waals surface area contributed by atoms with E-state index in [1.54, 1.807) is 62.1 Å². The van der Waals surface area contributed by atoms with Gasteiger partial charge < -0.3 is 10.1 Å². The summed E-state index contributed by atoms with van der Waals surface area (Å²) in [5.74, 6) is -0.113. The number of halogens is 1. The van der Waals surface area contributed by atoms with Crippen molar-refractivity contribution in [3.63, 3.8) is 0 Å². The number of nitrogens with one attached hydrogen (secondary N) is 2. The first-order valence-corrected chi connectivity index (χ1v) is 15.2. The third kappa shape index (κ3) is 5.77. The number of carbonyl (C=O) groups excluding carboxylic acids is 2. The summed E-state index contributed by atoms with van der Waals surface area (Å²) in [5.41, 5.74) is 1.05. The highest BCUT2D eigenvalue weighted by atomic mass is 32.2. The minimum absolute atomic E-state index is 0.0303. The molecule has 1 saturated heterocycles. The van der Waals surface area contributed by atoms with Crippen LogP contribution in [0.1, 0.15) is 39.2 Å². The average molecular weight is 569 g/mol. The van der Waals surface area contributed by atoms with E-state index in [1.807, 2.05) is 0 Å². The van der Waals surface area contributed by atoms with Crippen molar-refractivity contribution in [2.45, 2.75) is 63.8 Å². The van der Waals surface area contributed by atoms with Crippen LogP contribution in [-0.2, 0) is 26.0 Å². The summed E-state index contributed by atoms with van der Waals surface area (Å²) < 4.78 is 46.2. The van der Waals surface area contributed by atoms with Crippen molar-refractivity contribution in [2.75, 3.05) is 11.0 Å². The van der Waals surface area contributed by atoms with Crippen LogP contribution in [0.5, 0.6) is 0 Å². The van der Waals surface area contributed by atoms with E-state index in [-0.39, 0.29) is 23.9 Å². The Hall–Kier alpha value is -3.65. The summed E-state index contributed by atoms with van der Waals surface area (Å²) in [5, 5.41) is 12.5. The lowest BCUT2D eigenvalue weighted by atomic mass is 9.95. The maximum absolute atomic E-state index is 15.1. The number of hydrogen-bond acceptors (Lipinski definition) is 6. The molecule has 1 aliphatic heterocycles. The molecule has 0 aromatic heterocycles. The van der Waals surface area contributed by atoms with Gasteiger partial charge in [0, 0.05) is 18.2 Å². The summed E-state index contributed by atoms with van der Waals surface area (Å²) in [7, 11) is -3.46. The molecule has 3 aliphatic rings. The number of ether oxygens (including phenoxy) is 1. The molecule has 40 heavy (non-hydrogen) atoms. The van der Waals surface area contributed by atoms with Gasteiger partial charge in [-0.2, -0.15) is 5.26 Å². The van der Waals surface area contributed by atoms with Crippen molar-refractivity contribution in [1.29, 1.82) is 5.26 Å². The molecule has 5 rings (SSSR count). The number of rotatable bonds is 7. The van der Waals surface area contributed by atoms with E-state index in [0.717, 1.165) is 19.1 Å². The Labute approximate surface area is 233 Å². The smallest absolute Gasteiger partial charge is 0.411 e. The van der Waals surface area contributed by atoms with Gasteiger partial charge in [-0.15, -0.1) is 0 Å². The zero-order valence-corrected chi connectivity index (χ0v) is 23.7. The number of nitrogens with zero attached hydrogens (tertiary/aromatic N) is 2. The molecule has 212 valence electrons. The first kappa shape index (κ1) is 27.9. The first-order chi connectivity index (χ1) is 18.7. The number of carbonyl (C=O) groups is 2. The third-order valence-corrected chi connectivity index (χ3v) is 8.44. The van der Waals surface area contributed by atoms with Crippen LogP contribution in [-0.4, -0.2) is 55.3 Å². The number of hydrogen-bond donors (Lipinski definition) is 2. The molecule has 2 saturated carbocycles. The zero-order valence-electron chi connectivity index (χ0n) is 22.8. The lowest BCUT2D eigenvalue weighted by molar-refractivity contribution is -0.128. The Bertz CT molecular complexity index is 1500. The Morgan fingerprint density at radius 1 is 1.12 bits per heavy atom. The molecule has 6 atom stereocenters. The van der Waals surface area contributed by atoms with Crippen LogP contribution in [0.2, 0.25) is 0 Å². The van der Waals surface area contributed by atoms with Gasteiger partial charge in [0.25, 0.3) is 0 Å². The van der Waals surface area contributed by atoms with Crippen molar-refractivity contribution < 1.29 is 27.1 Å². The number of nitriles is 1. The van der Waals surface area contributed by atoms with Crippen LogP contribution in [0.25, 0.3) is 11.1 Å². The summed E-state index contributed by atoms with van der Waals surface area (Å²) in [6, 6.07) is 11.5. The number of likely N-dealkylation sites (tertiary alicyclic amines) is 1. The molecule has 2 aromatic carbocycles. The van der Waals surface area contributed by atoms with Gasteiger partial charge in [-0.1, -0.05) is 24.3 Å². The van der Waals surface area contributed by atoms with E-state index in [9.17, 15) is 23.3 Å². The predicted molar refractivity (Wildman–Crippen MR) is 147 cm³/mol. The molecule has 2 N–H and O–H groups in total. The zero-order chi connectivity index (χ0) is 29.0. The monoisotopic (exact) mass is 568 g/mol. The molecule has 1 heterocycles. The van der Waals surface area contributed by atoms with E-state index in [2.05, 4.69) is 16.1 Å². The second-order valence-electron chi connectivity index (χ2n) is 12.0. The molecule has 9 nitrogen and oxygen atoms in total. The summed E-state index contributed by atoms with van der Waals surface area (Å²) >= 11 is 0. The second kappa shape index (κ2) is 10.1. The van der Waals surface area contributed by atoms with E-state index >= 15 is 4.39 Å². The number of fused-ring (bicyclic) bond motifs is 5. The molecule has 2 bridgehead atoms. The fraction of sp³-hybridized carbons (Fsp3) is 0.483. The van der Waals surface area contributed by atoms with Gasteiger partial charge in [0.15, 0.2) is 0 Å². The Balaban J connectivity index is 1.28. The summed E-state index contributed by atoms with van der Waals surface area (Å²) in [4.78, 5) is 28.0. The van der Waals surface area contributed by atoms with Gasteiger partial charge in [-0.05, 0) is 86.3 Å². The number of piperidine rings is 1.